The number of anilines is 1. The molecule has 0 radical (unpaired) electrons. The van der Waals surface area contributed by atoms with Gasteiger partial charge in [0.05, 0.1) is 10.9 Å². The molecule has 0 amide bonds. The molecule has 0 saturated heterocycles. The summed E-state index contributed by atoms with van der Waals surface area (Å²) in [4.78, 5) is 19.3. The predicted octanol–water partition coefficient (Wildman–Crippen LogP) is 2.10. The number of benzene rings is 2. The molecule has 4 nitrogen and oxygen atoms in total. The van der Waals surface area contributed by atoms with Crippen molar-refractivity contribution >= 4 is 16.6 Å². The highest BCUT2D eigenvalue weighted by atomic mass is 16.1. The molecule has 0 aliphatic heterocycles. The Morgan fingerprint density at radius 2 is 1.89 bits per heavy atom. The molecule has 1 aromatic heterocycles. The molecule has 0 aliphatic rings. The molecule has 0 atom stereocenters. The van der Waals surface area contributed by atoms with E-state index in [-0.39, 0.29) is 5.56 Å². The molecule has 0 fully saturated rings. The highest BCUT2D eigenvalue weighted by Crippen LogP contribution is 2.12. The Balaban J connectivity index is 2.07. The van der Waals surface area contributed by atoms with E-state index in [2.05, 4.69) is 9.97 Å². The van der Waals surface area contributed by atoms with Gasteiger partial charge in [0.1, 0.15) is 5.82 Å². The number of nitrogen functional groups attached to an aromatic ring is 1. The summed E-state index contributed by atoms with van der Waals surface area (Å²) in [6.07, 6.45) is 0.608. The Kier molecular flexibility index (Phi) is 2.76. The van der Waals surface area contributed by atoms with Crippen LogP contribution < -0.4 is 11.3 Å². The topological polar surface area (TPSA) is 71.8 Å². The van der Waals surface area contributed by atoms with E-state index in [1.165, 1.54) is 0 Å². The van der Waals surface area contributed by atoms with Gasteiger partial charge in [-0.2, -0.15) is 0 Å². The number of fused-ring (bicyclic) bond motifs is 1. The highest BCUT2D eigenvalue weighted by Gasteiger charge is 2.04. The number of H-pyrrole nitrogens is 1. The standard InChI is InChI=1S/C15H13N3O/c16-11-6-7-13-12(9-11)15(19)18-14(17-13)8-10-4-2-1-3-5-10/h1-7,9H,8,16H2,(H,17,18,19). The van der Waals surface area contributed by atoms with Crippen LogP contribution in [0.2, 0.25) is 0 Å². The van der Waals surface area contributed by atoms with Crippen molar-refractivity contribution < 1.29 is 0 Å². The van der Waals surface area contributed by atoms with Crippen LogP contribution in [-0.4, -0.2) is 9.97 Å². The third-order valence-corrected chi connectivity index (χ3v) is 2.99. The number of nitrogens with one attached hydrogen (secondary N) is 1. The summed E-state index contributed by atoms with van der Waals surface area (Å²) >= 11 is 0. The maximum Gasteiger partial charge on any atom is 0.258 e. The highest BCUT2D eigenvalue weighted by molar-refractivity contribution is 5.80. The second-order valence-corrected chi connectivity index (χ2v) is 4.45. The normalized spacial score (nSPS) is 10.7. The summed E-state index contributed by atoms with van der Waals surface area (Å²) in [5.41, 5.74) is 7.87. The quantitative estimate of drug-likeness (QED) is 0.685. The zero-order valence-electron chi connectivity index (χ0n) is 10.3. The number of aromatic amines is 1. The molecule has 0 bridgehead atoms. The summed E-state index contributed by atoms with van der Waals surface area (Å²) in [5, 5.41) is 0.525. The van der Waals surface area contributed by atoms with Crippen molar-refractivity contribution in [1.29, 1.82) is 0 Å². The smallest absolute Gasteiger partial charge is 0.258 e. The van der Waals surface area contributed by atoms with Crippen molar-refractivity contribution in [3.8, 4) is 0 Å². The first-order valence-electron chi connectivity index (χ1n) is 6.05. The maximum absolute atomic E-state index is 12.0. The lowest BCUT2D eigenvalue weighted by Crippen LogP contribution is -2.12. The van der Waals surface area contributed by atoms with E-state index in [0.29, 0.717) is 28.8 Å². The molecule has 0 saturated carbocycles. The van der Waals surface area contributed by atoms with Crippen LogP contribution in [0.15, 0.2) is 53.3 Å². The number of aromatic nitrogens is 2. The van der Waals surface area contributed by atoms with Crippen molar-refractivity contribution in [1.82, 2.24) is 9.97 Å². The summed E-state index contributed by atoms with van der Waals surface area (Å²) in [5.74, 6) is 0.661. The van der Waals surface area contributed by atoms with Gasteiger partial charge in [-0.3, -0.25) is 4.79 Å². The van der Waals surface area contributed by atoms with Crippen LogP contribution in [-0.2, 0) is 6.42 Å². The summed E-state index contributed by atoms with van der Waals surface area (Å²) in [6, 6.07) is 15.1. The molecule has 3 aromatic rings. The monoisotopic (exact) mass is 251 g/mol. The Bertz CT molecular complexity index is 778. The van der Waals surface area contributed by atoms with Crippen LogP contribution in [0.1, 0.15) is 11.4 Å². The molecule has 4 heteroatoms. The van der Waals surface area contributed by atoms with Gasteiger partial charge >= 0.3 is 0 Å². The summed E-state index contributed by atoms with van der Waals surface area (Å²) in [6.45, 7) is 0. The van der Waals surface area contributed by atoms with Gasteiger partial charge in [-0.15, -0.1) is 0 Å². The molecule has 2 aromatic carbocycles. The number of hydrogen-bond donors (Lipinski definition) is 2. The van der Waals surface area contributed by atoms with E-state index in [1.807, 2.05) is 30.3 Å². The first-order valence-corrected chi connectivity index (χ1v) is 6.05. The number of hydrogen-bond acceptors (Lipinski definition) is 3. The predicted molar refractivity (Wildman–Crippen MR) is 76.0 cm³/mol. The Morgan fingerprint density at radius 3 is 2.68 bits per heavy atom. The number of nitrogens with two attached hydrogens (primary N) is 1. The van der Waals surface area contributed by atoms with Gasteiger partial charge in [-0.1, -0.05) is 30.3 Å². The Hall–Kier alpha value is -2.62. The maximum atomic E-state index is 12.0. The Labute approximate surface area is 109 Å². The minimum absolute atomic E-state index is 0.150. The van der Waals surface area contributed by atoms with E-state index >= 15 is 0 Å². The molecular formula is C15H13N3O. The zero-order valence-corrected chi connectivity index (χ0v) is 10.3. The fourth-order valence-electron chi connectivity index (χ4n) is 2.08. The van der Waals surface area contributed by atoms with Gasteiger partial charge in [0.2, 0.25) is 0 Å². The van der Waals surface area contributed by atoms with Crippen molar-refractivity contribution in [3.05, 3.63) is 70.3 Å². The van der Waals surface area contributed by atoms with Gasteiger partial charge in [0, 0.05) is 12.1 Å². The Morgan fingerprint density at radius 1 is 1.11 bits per heavy atom. The lowest BCUT2D eigenvalue weighted by atomic mass is 10.1. The molecule has 0 aliphatic carbocycles. The first-order chi connectivity index (χ1) is 9.22. The number of rotatable bonds is 2. The first kappa shape index (κ1) is 11.5. The third-order valence-electron chi connectivity index (χ3n) is 2.99. The van der Waals surface area contributed by atoms with Crippen molar-refractivity contribution in [2.45, 2.75) is 6.42 Å². The third kappa shape index (κ3) is 2.33. The SMILES string of the molecule is Nc1ccc2nc(Cc3ccccc3)[nH]c(=O)c2c1. The van der Waals surface area contributed by atoms with Gasteiger partial charge in [0.25, 0.3) is 5.56 Å². The largest absolute Gasteiger partial charge is 0.399 e. The average Bonchev–Trinajstić information content (AvgIpc) is 2.41. The number of nitrogens with zero attached hydrogens (tertiary/aromatic N) is 1. The molecule has 94 valence electrons. The van der Waals surface area contributed by atoms with E-state index in [4.69, 9.17) is 5.73 Å². The minimum atomic E-state index is -0.150. The summed E-state index contributed by atoms with van der Waals surface area (Å²) < 4.78 is 0. The zero-order chi connectivity index (χ0) is 13.2. The van der Waals surface area contributed by atoms with E-state index in [9.17, 15) is 4.79 Å². The van der Waals surface area contributed by atoms with Crippen LogP contribution in [0.4, 0.5) is 5.69 Å². The fourth-order valence-corrected chi connectivity index (χ4v) is 2.08. The molecule has 3 N–H and O–H groups in total. The van der Waals surface area contributed by atoms with Gasteiger partial charge < -0.3 is 10.7 Å². The molecule has 19 heavy (non-hydrogen) atoms. The van der Waals surface area contributed by atoms with Crippen molar-refractivity contribution in [2.24, 2.45) is 0 Å². The van der Waals surface area contributed by atoms with Crippen LogP contribution >= 0.6 is 0 Å². The molecular weight excluding hydrogens is 238 g/mol. The molecule has 3 rings (SSSR count). The van der Waals surface area contributed by atoms with Crippen LogP contribution in [0.25, 0.3) is 10.9 Å². The fraction of sp³-hybridized carbons (Fsp3) is 0.0667. The van der Waals surface area contributed by atoms with E-state index in [1.54, 1.807) is 18.2 Å². The lowest BCUT2D eigenvalue weighted by molar-refractivity contribution is 0.973. The molecule has 0 unspecified atom stereocenters. The van der Waals surface area contributed by atoms with Crippen LogP contribution in [0, 0.1) is 0 Å². The minimum Gasteiger partial charge on any atom is -0.399 e. The lowest BCUT2D eigenvalue weighted by Gasteiger charge is -2.04. The second kappa shape index (κ2) is 4.57. The van der Waals surface area contributed by atoms with Crippen molar-refractivity contribution in [3.63, 3.8) is 0 Å². The van der Waals surface area contributed by atoms with E-state index in [0.717, 1.165) is 5.56 Å². The summed E-state index contributed by atoms with van der Waals surface area (Å²) in [7, 11) is 0. The second-order valence-electron chi connectivity index (χ2n) is 4.45. The average molecular weight is 251 g/mol. The van der Waals surface area contributed by atoms with Gasteiger partial charge in [0.15, 0.2) is 0 Å². The van der Waals surface area contributed by atoms with Gasteiger partial charge in [-0.05, 0) is 23.8 Å². The molecule has 0 spiro atoms. The van der Waals surface area contributed by atoms with Crippen molar-refractivity contribution in [2.75, 3.05) is 5.73 Å². The van der Waals surface area contributed by atoms with Crippen LogP contribution in [0.5, 0.6) is 0 Å². The van der Waals surface area contributed by atoms with Gasteiger partial charge in [-0.25, -0.2) is 4.98 Å². The van der Waals surface area contributed by atoms with E-state index < -0.39 is 0 Å². The molecule has 1 heterocycles. The van der Waals surface area contributed by atoms with Crippen LogP contribution in [0.3, 0.4) is 0 Å².